The van der Waals surface area contributed by atoms with E-state index in [-0.39, 0.29) is 47.3 Å². The fraction of sp³-hybridized carbons (Fsp3) is 0.434. The number of hydrogen-bond donors (Lipinski definition) is 5. The molecular formula is C53H75N7O5. The molecular weight excluding hydrogens is 815 g/mol. The lowest BCUT2D eigenvalue weighted by atomic mass is 9.83. The fourth-order valence-electron chi connectivity index (χ4n) is 7.87. The molecule has 7 atom stereocenters. The van der Waals surface area contributed by atoms with E-state index in [1.807, 2.05) is 99.8 Å². The standard InChI is InChI=1S/C43H61N5O4.C8H8O.C2H6N2/c1-8-18-34(9-2)36(35-21-15-12-16-22-35)26-28-45-41(50)37(10-3)46-42(51)38(23-17-27-44-7)47-40(49)32(6)48-39(25-24-30(4)43(48)52)31(5)29-33-19-13-11-14-20-33;1-7(9)8-5-3-2-4-6-8;1-4-2-3/h8-9,11-16,18-22,30-32,36-39,44H,1-2,10,17,23-29H2,3-7H3,(H,45,50)(H,46,51)(H,47,49);2-6H,1H3;2H,1H3,(H2,3,4)/b34-18+;;/t30?,31-,32?,36?,37?,38-,39-;;/m0../s1. The summed E-state index contributed by atoms with van der Waals surface area (Å²) in [6, 6.07) is 26.9. The molecule has 4 rings (SSSR count). The van der Waals surface area contributed by atoms with Crippen LogP contribution in [-0.2, 0) is 25.6 Å². The monoisotopic (exact) mass is 890 g/mol. The van der Waals surface area contributed by atoms with Gasteiger partial charge in [0.25, 0.3) is 0 Å². The van der Waals surface area contributed by atoms with E-state index in [0.717, 1.165) is 36.0 Å². The summed E-state index contributed by atoms with van der Waals surface area (Å²) in [4.78, 5) is 70.5. The number of rotatable bonds is 22. The lowest BCUT2D eigenvalue weighted by Crippen LogP contribution is -2.60. The van der Waals surface area contributed by atoms with Crippen molar-refractivity contribution in [1.82, 2.24) is 26.2 Å². The Balaban J connectivity index is 0.000000960. The summed E-state index contributed by atoms with van der Waals surface area (Å²) in [6.45, 7) is 18.1. The fourth-order valence-corrected chi connectivity index (χ4v) is 7.87. The van der Waals surface area contributed by atoms with E-state index in [9.17, 15) is 24.0 Å². The highest BCUT2D eigenvalue weighted by Gasteiger charge is 2.41. The van der Waals surface area contributed by atoms with Gasteiger partial charge in [0.1, 0.15) is 18.1 Å². The van der Waals surface area contributed by atoms with Gasteiger partial charge >= 0.3 is 0 Å². The number of amides is 4. The topological polar surface area (TPSA) is 175 Å². The lowest BCUT2D eigenvalue weighted by molar-refractivity contribution is -0.151. The molecule has 0 aliphatic carbocycles. The first-order valence-electron chi connectivity index (χ1n) is 22.9. The molecule has 12 nitrogen and oxygen atoms in total. The van der Waals surface area contributed by atoms with Gasteiger partial charge in [-0.05, 0) is 95.0 Å². The van der Waals surface area contributed by atoms with Crippen LogP contribution < -0.4 is 27.0 Å². The predicted molar refractivity (Wildman–Crippen MR) is 265 cm³/mol. The number of aliphatic imine (C=N–C) groups is 1. The molecule has 3 aromatic carbocycles. The Hall–Kier alpha value is -6.14. The summed E-state index contributed by atoms with van der Waals surface area (Å²) in [7, 11) is 3.46. The van der Waals surface area contributed by atoms with Crippen LogP contribution in [-0.4, -0.2) is 92.0 Å². The number of benzene rings is 3. The number of allylic oxidation sites excluding steroid dienone is 4. The van der Waals surface area contributed by atoms with E-state index in [4.69, 9.17) is 5.73 Å². The maximum atomic E-state index is 13.9. The second-order valence-corrected chi connectivity index (χ2v) is 16.4. The van der Waals surface area contributed by atoms with Crippen LogP contribution in [0.2, 0.25) is 0 Å². The third-order valence-electron chi connectivity index (χ3n) is 11.6. The SMILES string of the molecule is C=C/C=C(\C=C)C(CCNC(=O)C(CC)NC(=O)[C@H](CCCNC)NC(=O)C(C)N1C(=O)C(C)CC[C@H]1[C@@H](C)Cc1ccccc1)c1ccccc1.CC(=O)c1ccccc1.CN=CN. The summed E-state index contributed by atoms with van der Waals surface area (Å²) in [5, 5.41) is 12.0. The first kappa shape index (κ1) is 55.0. The predicted octanol–water partition coefficient (Wildman–Crippen LogP) is 7.34. The molecule has 0 bridgehead atoms. The van der Waals surface area contributed by atoms with Crippen molar-refractivity contribution in [3.8, 4) is 0 Å². The van der Waals surface area contributed by atoms with Gasteiger partial charge in [-0.3, -0.25) is 29.0 Å². The Morgan fingerprint density at radius 3 is 1.95 bits per heavy atom. The van der Waals surface area contributed by atoms with Crippen LogP contribution in [0.25, 0.3) is 0 Å². The Morgan fingerprint density at radius 1 is 0.846 bits per heavy atom. The van der Waals surface area contributed by atoms with Crippen LogP contribution >= 0.6 is 0 Å². The van der Waals surface area contributed by atoms with Gasteiger partial charge in [-0.1, -0.05) is 143 Å². The van der Waals surface area contributed by atoms with Crippen LogP contribution in [0.5, 0.6) is 0 Å². The molecule has 0 spiro atoms. The molecule has 3 aromatic rings. The van der Waals surface area contributed by atoms with Gasteiger partial charge in [0.05, 0.1) is 6.34 Å². The third-order valence-corrected chi connectivity index (χ3v) is 11.6. The van der Waals surface area contributed by atoms with Gasteiger partial charge in [-0.15, -0.1) is 0 Å². The summed E-state index contributed by atoms with van der Waals surface area (Å²) in [5.74, 6) is -1.03. The maximum absolute atomic E-state index is 13.9. The van der Waals surface area contributed by atoms with Crippen LogP contribution in [0, 0.1) is 11.8 Å². The van der Waals surface area contributed by atoms with Gasteiger partial charge in [-0.25, -0.2) is 0 Å². The highest BCUT2D eigenvalue weighted by Crippen LogP contribution is 2.32. The van der Waals surface area contributed by atoms with Crippen LogP contribution in [0.15, 0.2) is 133 Å². The summed E-state index contributed by atoms with van der Waals surface area (Å²) in [5.41, 5.74) is 8.81. The molecule has 6 N–H and O–H groups in total. The van der Waals surface area contributed by atoms with Crippen molar-refractivity contribution in [2.24, 2.45) is 22.6 Å². The van der Waals surface area contributed by atoms with Gasteiger partial charge in [0.15, 0.2) is 5.78 Å². The number of likely N-dealkylation sites (tertiary alicyclic amines) is 1. The molecule has 0 saturated carbocycles. The summed E-state index contributed by atoms with van der Waals surface area (Å²) >= 11 is 0. The van der Waals surface area contributed by atoms with Crippen LogP contribution in [0.4, 0.5) is 0 Å². The van der Waals surface area contributed by atoms with Crippen molar-refractivity contribution >= 4 is 35.8 Å². The Labute approximate surface area is 388 Å². The quantitative estimate of drug-likeness (QED) is 0.0231. The van der Waals surface area contributed by atoms with Gasteiger partial charge in [0, 0.05) is 37.0 Å². The molecule has 12 heteroatoms. The number of nitrogens with zero attached hydrogens (tertiary/aromatic N) is 2. The average molecular weight is 890 g/mol. The average Bonchev–Trinajstić information content (AvgIpc) is 3.32. The van der Waals surface area contributed by atoms with E-state index < -0.39 is 24.0 Å². The molecule has 0 radical (unpaired) electrons. The molecule has 1 fully saturated rings. The largest absolute Gasteiger partial charge is 0.390 e. The number of nitrogens with two attached hydrogens (primary N) is 1. The van der Waals surface area contributed by atoms with Crippen LogP contribution in [0.1, 0.15) is 101 Å². The highest BCUT2D eigenvalue weighted by molar-refractivity contribution is 5.95. The second kappa shape index (κ2) is 30.9. The Bertz CT molecular complexity index is 1970. The number of carbonyl (C=O) groups excluding carboxylic acids is 5. The zero-order valence-corrected chi connectivity index (χ0v) is 39.8. The van der Waals surface area contributed by atoms with E-state index in [1.165, 1.54) is 11.9 Å². The zero-order valence-electron chi connectivity index (χ0n) is 39.8. The van der Waals surface area contributed by atoms with Crippen LogP contribution in [0.3, 0.4) is 0 Å². The maximum Gasteiger partial charge on any atom is 0.243 e. The lowest BCUT2D eigenvalue weighted by Gasteiger charge is -2.44. The first-order valence-corrected chi connectivity index (χ1v) is 22.9. The van der Waals surface area contributed by atoms with E-state index in [2.05, 4.69) is 70.6 Å². The van der Waals surface area contributed by atoms with Crippen molar-refractivity contribution in [3.63, 3.8) is 0 Å². The minimum Gasteiger partial charge on any atom is -0.390 e. The van der Waals surface area contributed by atoms with Gasteiger partial charge in [-0.2, -0.15) is 0 Å². The molecule has 4 amide bonds. The van der Waals surface area contributed by atoms with Crippen molar-refractivity contribution in [2.75, 3.05) is 27.2 Å². The molecule has 1 aliphatic heterocycles. The normalized spacial score (nSPS) is 17.1. The number of Topliss-reactive ketones (excluding diaryl/α,β-unsaturated/α-hetero) is 1. The number of piperidine rings is 1. The first-order chi connectivity index (χ1) is 31.3. The number of hydrogen-bond acceptors (Lipinski definition) is 7. The van der Waals surface area contributed by atoms with E-state index >= 15 is 0 Å². The molecule has 1 aliphatic rings. The second-order valence-electron chi connectivity index (χ2n) is 16.4. The molecule has 65 heavy (non-hydrogen) atoms. The smallest absolute Gasteiger partial charge is 0.243 e. The number of carbonyl (C=O) groups is 5. The third kappa shape index (κ3) is 18.9. The van der Waals surface area contributed by atoms with Crippen molar-refractivity contribution < 1.29 is 24.0 Å². The number of ketones is 1. The minimum absolute atomic E-state index is 0.0103. The molecule has 1 saturated heterocycles. The molecule has 4 unspecified atom stereocenters. The minimum atomic E-state index is -0.871. The Kier molecular flexibility index (Phi) is 26.1. The Morgan fingerprint density at radius 2 is 1.43 bits per heavy atom. The van der Waals surface area contributed by atoms with Crippen molar-refractivity contribution in [1.29, 1.82) is 0 Å². The molecule has 352 valence electrons. The summed E-state index contributed by atoms with van der Waals surface area (Å²) < 4.78 is 0. The molecule has 1 heterocycles. The summed E-state index contributed by atoms with van der Waals surface area (Å²) in [6.07, 6.45) is 11.1. The molecule has 0 aromatic heterocycles. The van der Waals surface area contributed by atoms with Gasteiger partial charge < -0.3 is 31.9 Å². The van der Waals surface area contributed by atoms with Gasteiger partial charge in [0.2, 0.25) is 23.6 Å². The van der Waals surface area contributed by atoms with E-state index in [0.29, 0.717) is 38.8 Å². The zero-order chi connectivity index (χ0) is 48.1. The van der Waals surface area contributed by atoms with Crippen molar-refractivity contribution in [3.05, 3.63) is 145 Å². The number of nitrogens with one attached hydrogen (secondary N) is 4. The van der Waals surface area contributed by atoms with Crippen molar-refractivity contribution in [2.45, 2.75) is 110 Å². The van der Waals surface area contributed by atoms with E-state index in [1.54, 1.807) is 31.9 Å². The highest BCUT2D eigenvalue weighted by atomic mass is 16.2.